The van der Waals surface area contributed by atoms with Crippen LogP contribution in [0.1, 0.15) is 36.3 Å². The van der Waals surface area contributed by atoms with Gasteiger partial charge in [0, 0.05) is 12.7 Å². The quantitative estimate of drug-likeness (QED) is 0.828. The maximum absolute atomic E-state index is 11.8. The smallest absolute Gasteiger partial charge is 0.311 e. The fourth-order valence-corrected chi connectivity index (χ4v) is 1.31. The number of rotatable bonds is 5. The van der Waals surface area contributed by atoms with Crippen LogP contribution in [-0.4, -0.2) is 28.5 Å². The highest BCUT2D eigenvalue weighted by Crippen LogP contribution is 2.19. The molecule has 0 aliphatic rings. The monoisotopic (exact) mass is 261 g/mol. The Kier molecular flexibility index (Phi) is 4.59. The van der Waals surface area contributed by atoms with Gasteiger partial charge in [0.1, 0.15) is 11.8 Å². The molecular weight excluding hydrogens is 246 g/mol. The zero-order valence-corrected chi connectivity index (χ0v) is 10.8. The Morgan fingerprint density at radius 1 is 1.53 bits per heavy atom. The average Bonchev–Trinajstić information content (AvgIpc) is 2.44. The number of carboxylic acids is 1. The molecule has 1 rings (SSSR count). The van der Waals surface area contributed by atoms with E-state index >= 15 is 0 Å². The summed E-state index contributed by atoms with van der Waals surface area (Å²) in [4.78, 5) is 26.7. The number of hydrogen-bond acceptors (Lipinski definition) is 4. The minimum Gasteiger partial charge on any atom is -0.481 e. The third-order valence-corrected chi connectivity index (χ3v) is 3.06. The third-order valence-electron chi connectivity index (χ3n) is 3.06. The van der Waals surface area contributed by atoms with Gasteiger partial charge in [-0.25, -0.2) is 4.98 Å². The van der Waals surface area contributed by atoms with Gasteiger partial charge in [0.15, 0.2) is 0 Å². The summed E-state index contributed by atoms with van der Waals surface area (Å²) in [5, 5.41) is 20.2. The van der Waals surface area contributed by atoms with E-state index in [2.05, 4.69) is 10.3 Å². The number of aromatic nitrogens is 1. The minimum absolute atomic E-state index is 0.0271. The molecule has 6 heteroatoms. The Morgan fingerprint density at radius 3 is 2.63 bits per heavy atom. The molecule has 0 aliphatic heterocycles. The van der Waals surface area contributed by atoms with E-state index in [9.17, 15) is 9.59 Å². The van der Waals surface area contributed by atoms with Crippen molar-refractivity contribution in [3.8, 4) is 6.07 Å². The second-order valence-electron chi connectivity index (χ2n) is 4.45. The predicted octanol–water partition coefficient (Wildman–Crippen LogP) is 1.18. The molecular formula is C13H15N3O3. The number of amides is 1. The van der Waals surface area contributed by atoms with Gasteiger partial charge < -0.3 is 10.4 Å². The van der Waals surface area contributed by atoms with Crippen molar-refractivity contribution < 1.29 is 14.7 Å². The maximum Gasteiger partial charge on any atom is 0.311 e. The van der Waals surface area contributed by atoms with Gasteiger partial charge >= 0.3 is 5.97 Å². The first-order chi connectivity index (χ1) is 8.92. The lowest BCUT2D eigenvalue weighted by molar-refractivity contribution is -0.147. The average molecular weight is 261 g/mol. The van der Waals surface area contributed by atoms with Crippen LogP contribution >= 0.6 is 0 Å². The van der Waals surface area contributed by atoms with Gasteiger partial charge in [0.05, 0.1) is 11.0 Å². The Balaban J connectivity index is 2.70. The highest BCUT2D eigenvalue weighted by molar-refractivity contribution is 5.92. The summed E-state index contributed by atoms with van der Waals surface area (Å²) in [6.07, 6.45) is 1.70. The molecule has 1 heterocycles. The van der Waals surface area contributed by atoms with Crippen molar-refractivity contribution in [2.24, 2.45) is 5.41 Å². The number of hydrogen-bond donors (Lipinski definition) is 2. The van der Waals surface area contributed by atoms with Crippen LogP contribution in [0.25, 0.3) is 0 Å². The number of aliphatic carboxylic acids is 1. The molecule has 100 valence electrons. The number of carboxylic acid groups (broad SMARTS) is 1. The Bertz CT molecular complexity index is 519. The van der Waals surface area contributed by atoms with E-state index in [1.54, 1.807) is 13.8 Å². The highest BCUT2D eigenvalue weighted by Gasteiger charge is 2.31. The molecule has 0 spiro atoms. The number of carbonyl (C=O) groups is 2. The van der Waals surface area contributed by atoms with Crippen molar-refractivity contribution >= 4 is 11.9 Å². The largest absolute Gasteiger partial charge is 0.481 e. The van der Waals surface area contributed by atoms with Crippen LogP contribution < -0.4 is 5.32 Å². The molecule has 0 aromatic carbocycles. The van der Waals surface area contributed by atoms with E-state index < -0.39 is 17.3 Å². The molecule has 1 atom stereocenters. The summed E-state index contributed by atoms with van der Waals surface area (Å²) < 4.78 is 0. The normalized spacial score (nSPS) is 13.1. The first-order valence-electron chi connectivity index (χ1n) is 5.80. The minimum atomic E-state index is -0.998. The fraction of sp³-hybridized carbons (Fsp3) is 0.385. The van der Waals surface area contributed by atoms with Gasteiger partial charge in [-0.3, -0.25) is 9.59 Å². The second kappa shape index (κ2) is 5.96. The van der Waals surface area contributed by atoms with Crippen molar-refractivity contribution in [1.29, 1.82) is 5.26 Å². The molecule has 0 fully saturated rings. The van der Waals surface area contributed by atoms with Crippen LogP contribution in [-0.2, 0) is 4.79 Å². The molecule has 0 bridgehead atoms. The van der Waals surface area contributed by atoms with Crippen LogP contribution in [0.3, 0.4) is 0 Å². The van der Waals surface area contributed by atoms with Crippen LogP contribution in [0.2, 0.25) is 0 Å². The highest BCUT2D eigenvalue weighted by atomic mass is 16.4. The van der Waals surface area contributed by atoms with Crippen molar-refractivity contribution in [2.75, 3.05) is 6.54 Å². The molecule has 0 radical (unpaired) electrons. The van der Waals surface area contributed by atoms with Crippen molar-refractivity contribution in [3.63, 3.8) is 0 Å². The maximum atomic E-state index is 11.8. The lowest BCUT2D eigenvalue weighted by Gasteiger charge is -2.23. The molecule has 1 unspecified atom stereocenters. The van der Waals surface area contributed by atoms with E-state index in [4.69, 9.17) is 10.4 Å². The van der Waals surface area contributed by atoms with Gasteiger partial charge in [0.25, 0.3) is 5.91 Å². The fourth-order valence-electron chi connectivity index (χ4n) is 1.31. The lowest BCUT2D eigenvalue weighted by Crippen LogP contribution is -2.40. The van der Waals surface area contributed by atoms with E-state index in [1.165, 1.54) is 18.3 Å². The number of nitrogens with one attached hydrogen (secondary N) is 1. The first kappa shape index (κ1) is 14.6. The molecule has 0 saturated carbocycles. The van der Waals surface area contributed by atoms with Gasteiger partial charge in [-0.15, -0.1) is 0 Å². The SMILES string of the molecule is CCC(C)(CNC(=O)c1ccc(C#N)cn1)C(=O)O. The number of pyridine rings is 1. The topological polar surface area (TPSA) is 103 Å². The summed E-state index contributed by atoms with van der Waals surface area (Å²) in [5.41, 5.74) is -0.481. The van der Waals surface area contributed by atoms with E-state index in [1.807, 2.05) is 6.07 Å². The van der Waals surface area contributed by atoms with E-state index in [0.717, 1.165) is 0 Å². The van der Waals surface area contributed by atoms with Gasteiger partial charge in [-0.2, -0.15) is 5.26 Å². The van der Waals surface area contributed by atoms with Crippen LogP contribution in [0.5, 0.6) is 0 Å². The van der Waals surface area contributed by atoms with Gasteiger partial charge in [0.2, 0.25) is 0 Å². The Labute approximate surface area is 111 Å². The summed E-state index contributed by atoms with van der Waals surface area (Å²) in [7, 11) is 0. The number of carbonyl (C=O) groups excluding carboxylic acids is 1. The third kappa shape index (κ3) is 3.52. The van der Waals surface area contributed by atoms with Crippen LogP contribution in [0.15, 0.2) is 18.3 Å². The summed E-state index contributed by atoms with van der Waals surface area (Å²) >= 11 is 0. The van der Waals surface area contributed by atoms with Crippen LogP contribution in [0, 0.1) is 16.7 Å². The van der Waals surface area contributed by atoms with Gasteiger partial charge in [-0.05, 0) is 25.5 Å². The summed E-state index contributed by atoms with van der Waals surface area (Å²) in [6.45, 7) is 3.35. The van der Waals surface area contributed by atoms with E-state index in [0.29, 0.717) is 12.0 Å². The van der Waals surface area contributed by atoms with Crippen molar-refractivity contribution in [3.05, 3.63) is 29.6 Å². The standard InChI is InChI=1S/C13H15N3O3/c1-3-13(2,12(18)19)8-16-11(17)10-5-4-9(6-14)7-15-10/h4-5,7H,3,8H2,1-2H3,(H,16,17)(H,18,19). The summed E-state index contributed by atoms with van der Waals surface area (Å²) in [5.74, 6) is -1.41. The predicted molar refractivity (Wildman–Crippen MR) is 67.3 cm³/mol. The molecule has 1 amide bonds. The molecule has 1 aromatic rings. The van der Waals surface area contributed by atoms with Crippen LogP contribution in [0.4, 0.5) is 0 Å². The molecule has 0 aliphatic carbocycles. The first-order valence-corrected chi connectivity index (χ1v) is 5.80. The van der Waals surface area contributed by atoms with E-state index in [-0.39, 0.29) is 12.2 Å². The Hall–Kier alpha value is -2.42. The summed E-state index contributed by atoms with van der Waals surface area (Å²) in [6, 6.07) is 4.81. The lowest BCUT2D eigenvalue weighted by atomic mass is 9.88. The zero-order valence-electron chi connectivity index (χ0n) is 10.8. The number of nitriles is 1. The molecule has 0 saturated heterocycles. The number of nitrogens with zero attached hydrogens (tertiary/aromatic N) is 2. The van der Waals surface area contributed by atoms with Gasteiger partial charge in [-0.1, -0.05) is 6.92 Å². The molecule has 1 aromatic heterocycles. The second-order valence-corrected chi connectivity index (χ2v) is 4.45. The van der Waals surface area contributed by atoms with Crippen molar-refractivity contribution in [1.82, 2.24) is 10.3 Å². The molecule has 2 N–H and O–H groups in total. The molecule has 6 nitrogen and oxygen atoms in total. The van der Waals surface area contributed by atoms with Crippen molar-refractivity contribution in [2.45, 2.75) is 20.3 Å². The zero-order chi connectivity index (χ0) is 14.5. The Morgan fingerprint density at radius 2 is 2.21 bits per heavy atom. The molecule has 19 heavy (non-hydrogen) atoms.